The summed E-state index contributed by atoms with van der Waals surface area (Å²) in [5.41, 5.74) is 3.03. The maximum absolute atomic E-state index is 12.0. The first-order valence-electron chi connectivity index (χ1n) is 6.35. The van der Waals surface area contributed by atoms with Crippen molar-refractivity contribution >= 4 is 17.7 Å². The van der Waals surface area contributed by atoms with E-state index < -0.39 is 5.97 Å². The van der Waals surface area contributed by atoms with Crippen LogP contribution in [0.3, 0.4) is 0 Å². The Morgan fingerprint density at radius 3 is 2.63 bits per heavy atom. The lowest BCUT2D eigenvalue weighted by Crippen LogP contribution is -2.29. The fourth-order valence-corrected chi connectivity index (χ4v) is 2.49. The predicted octanol–water partition coefficient (Wildman–Crippen LogP) is 2.07. The highest BCUT2D eigenvalue weighted by molar-refractivity contribution is 5.96. The molecule has 19 heavy (non-hydrogen) atoms. The van der Waals surface area contributed by atoms with Crippen molar-refractivity contribution in [2.24, 2.45) is 0 Å². The summed E-state index contributed by atoms with van der Waals surface area (Å²) in [6, 6.07) is 5.67. The summed E-state index contributed by atoms with van der Waals surface area (Å²) in [4.78, 5) is 24.3. The number of hydrogen-bond acceptors (Lipinski definition) is 2. The highest BCUT2D eigenvalue weighted by atomic mass is 16.4. The number of para-hydroxylation sites is 1. The molecular weight excluding hydrogens is 244 g/mol. The maximum Gasteiger partial charge on any atom is 0.322 e. The number of rotatable bonds is 4. The number of nitrogens with one attached hydrogen (secondary N) is 1. The Morgan fingerprint density at radius 1 is 1.42 bits per heavy atom. The van der Waals surface area contributed by atoms with E-state index in [0.717, 1.165) is 16.8 Å². The van der Waals surface area contributed by atoms with Gasteiger partial charge in [0.05, 0.1) is 5.69 Å². The van der Waals surface area contributed by atoms with Crippen LogP contribution in [0.15, 0.2) is 18.2 Å². The number of benzene rings is 1. The first-order valence-corrected chi connectivity index (χ1v) is 6.35. The molecule has 1 saturated heterocycles. The molecule has 0 aliphatic carbocycles. The number of aliphatic carboxylic acids is 1. The minimum atomic E-state index is -0.834. The van der Waals surface area contributed by atoms with Crippen molar-refractivity contribution in [3.05, 3.63) is 29.3 Å². The number of carbonyl (C=O) groups is 2. The smallest absolute Gasteiger partial charge is 0.322 e. The summed E-state index contributed by atoms with van der Waals surface area (Å²) in [7, 11) is 0. The molecule has 5 heteroatoms. The van der Waals surface area contributed by atoms with Gasteiger partial charge in [-0.2, -0.15) is 0 Å². The van der Waals surface area contributed by atoms with Gasteiger partial charge in [0, 0.05) is 19.0 Å². The van der Waals surface area contributed by atoms with Crippen molar-refractivity contribution in [2.45, 2.75) is 32.7 Å². The van der Waals surface area contributed by atoms with Gasteiger partial charge in [0.1, 0.15) is 0 Å². The molecule has 1 unspecified atom stereocenters. The van der Waals surface area contributed by atoms with E-state index in [1.165, 1.54) is 0 Å². The molecule has 1 aliphatic heterocycles. The van der Waals surface area contributed by atoms with Gasteiger partial charge in [-0.3, -0.25) is 9.69 Å². The minimum Gasteiger partial charge on any atom is -0.481 e. The second-order valence-corrected chi connectivity index (χ2v) is 4.93. The summed E-state index contributed by atoms with van der Waals surface area (Å²) in [5.74, 6) is -0.834. The molecule has 1 heterocycles. The van der Waals surface area contributed by atoms with E-state index in [4.69, 9.17) is 5.11 Å². The van der Waals surface area contributed by atoms with Crippen LogP contribution < -0.4 is 10.2 Å². The molecule has 1 aliphatic rings. The topological polar surface area (TPSA) is 69.6 Å². The first-order chi connectivity index (χ1) is 8.99. The van der Waals surface area contributed by atoms with Crippen LogP contribution in [0.5, 0.6) is 0 Å². The van der Waals surface area contributed by atoms with Crippen LogP contribution in [-0.4, -0.2) is 29.7 Å². The lowest BCUT2D eigenvalue weighted by atomic mass is 10.1. The highest BCUT2D eigenvalue weighted by Gasteiger charge is 2.31. The van der Waals surface area contributed by atoms with E-state index in [0.29, 0.717) is 13.0 Å². The van der Waals surface area contributed by atoms with Crippen LogP contribution in [0.2, 0.25) is 0 Å². The second-order valence-electron chi connectivity index (χ2n) is 4.93. The Morgan fingerprint density at radius 2 is 2.05 bits per heavy atom. The minimum absolute atomic E-state index is 0.0749. The Bertz CT molecular complexity index is 493. The molecule has 0 radical (unpaired) electrons. The number of anilines is 1. The molecular formula is C14H18N2O3. The third-order valence-electron chi connectivity index (χ3n) is 3.39. The molecule has 0 saturated carbocycles. The number of aryl methyl sites for hydroxylation is 2. The summed E-state index contributed by atoms with van der Waals surface area (Å²) in [6.45, 7) is 4.47. The lowest BCUT2D eigenvalue weighted by Gasteiger charge is -2.19. The van der Waals surface area contributed by atoms with Crippen LogP contribution in [0.25, 0.3) is 0 Å². The van der Waals surface area contributed by atoms with Gasteiger partial charge in [-0.25, -0.2) is 4.79 Å². The quantitative estimate of drug-likeness (QED) is 0.872. The van der Waals surface area contributed by atoms with Gasteiger partial charge in [0.25, 0.3) is 0 Å². The van der Waals surface area contributed by atoms with Crippen molar-refractivity contribution in [2.75, 3.05) is 11.4 Å². The van der Waals surface area contributed by atoms with E-state index in [-0.39, 0.29) is 18.5 Å². The Balaban J connectivity index is 2.14. The molecule has 2 rings (SSSR count). The van der Waals surface area contributed by atoms with Gasteiger partial charge in [-0.1, -0.05) is 18.2 Å². The van der Waals surface area contributed by atoms with Crippen LogP contribution in [0.4, 0.5) is 10.5 Å². The molecule has 2 N–H and O–H groups in total. The molecule has 0 aromatic heterocycles. The highest BCUT2D eigenvalue weighted by Crippen LogP contribution is 2.27. The Hall–Kier alpha value is -2.04. The largest absolute Gasteiger partial charge is 0.481 e. The number of nitrogens with zero attached hydrogens (tertiary/aromatic N) is 1. The summed E-state index contributed by atoms with van der Waals surface area (Å²) in [5, 5.41) is 11.5. The van der Waals surface area contributed by atoms with Gasteiger partial charge >= 0.3 is 12.0 Å². The SMILES string of the molecule is Cc1cccc(C)c1N1CC(CCC(=O)O)NC1=O. The molecule has 5 nitrogen and oxygen atoms in total. The fourth-order valence-electron chi connectivity index (χ4n) is 2.49. The second kappa shape index (κ2) is 5.30. The summed E-state index contributed by atoms with van der Waals surface area (Å²) >= 11 is 0. The third-order valence-corrected chi connectivity index (χ3v) is 3.39. The van der Waals surface area contributed by atoms with Crippen LogP contribution in [0, 0.1) is 13.8 Å². The normalized spacial score (nSPS) is 18.5. The Kier molecular flexibility index (Phi) is 3.74. The van der Waals surface area contributed by atoms with Crippen LogP contribution in [0.1, 0.15) is 24.0 Å². The summed E-state index contributed by atoms with van der Waals surface area (Å²) in [6.07, 6.45) is 0.536. The van der Waals surface area contributed by atoms with Crippen LogP contribution >= 0.6 is 0 Å². The zero-order valence-corrected chi connectivity index (χ0v) is 11.1. The number of amides is 2. The van der Waals surface area contributed by atoms with Crippen molar-refractivity contribution < 1.29 is 14.7 Å². The van der Waals surface area contributed by atoms with Gasteiger partial charge in [-0.15, -0.1) is 0 Å². The molecule has 1 aromatic rings. The average molecular weight is 262 g/mol. The predicted molar refractivity (Wildman–Crippen MR) is 72.5 cm³/mol. The van der Waals surface area contributed by atoms with Gasteiger partial charge in [0.15, 0.2) is 0 Å². The van der Waals surface area contributed by atoms with Crippen molar-refractivity contribution in [3.63, 3.8) is 0 Å². The van der Waals surface area contributed by atoms with E-state index >= 15 is 0 Å². The number of carboxylic acid groups (broad SMARTS) is 1. The first kappa shape index (κ1) is 13.4. The number of carbonyl (C=O) groups excluding carboxylic acids is 1. The van der Waals surface area contributed by atoms with Crippen molar-refractivity contribution in [1.29, 1.82) is 0 Å². The fraction of sp³-hybridized carbons (Fsp3) is 0.429. The van der Waals surface area contributed by atoms with Crippen molar-refractivity contribution in [1.82, 2.24) is 5.32 Å². The standard InChI is InChI=1S/C14H18N2O3/c1-9-4-3-5-10(2)13(9)16-8-11(15-14(16)19)6-7-12(17)18/h3-5,11H,6-8H2,1-2H3,(H,15,19)(H,17,18). The molecule has 1 atom stereocenters. The van der Waals surface area contributed by atoms with Crippen molar-refractivity contribution in [3.8, 4) is 0 Å². The number of urea groups is 1. The van der Waals surface area contributed by atoms with E-state index in [9.17, 15) is 9.59 Å². The molecule has 0 bridgehead atoms. The lowest BCUT2D eigenvalue weighted by molar-refractivity contribution is -0.137. The number of hydrogen-bond donors (Lipinski definition) is 2. The zero-order chi connectivity index (χ0) is 14.0. The third kappa shape index (κ3) is 2.86. The van der Waals surface area contributed by atoms with Gasteiger partial charge in [-0.05, 0) is 31.4 Å². The van der Waals surface area contributed by atoms with E-state index in [1.54, 1.807) is 4.90 Å². The molecule has 102 valence electrons. The van der Waals surface area contributed by atoms with Gasteiger partial charge < -0.3 is 10.4 Å². The zero-order valence-electron chi connectivity index (χ0n) is 11.1. The van der Waals surface area contributed by atoms with E-state index in [2.05, 4.69) is 5.32 Å². The van der Waals surface area contributed by atoms with Gasteiger partial charge in [0.2, 0.25) is 0 Å². The Labute approximate surface area is 112 Å². The molecule has 0 spiro atoms. The van der Waals surface area contributed by atoms with E-state index in [1.807, 2.05) is 32.0 Å². The number of carboxylic acids is 1. The molecule has 2 amide bonds. The monoisotopic (exact) mass is 262 g/mol. The molecule has 1 aromatic carbocycles. The molecule has 1 fully saturated rings. The summed E-state index contributed by atoms with van der Waals surface area (Å²) < 4.78 is 0. The maximum atomic E-state index is 12.0. The van der Waals surface area contributed by atoms with Crippen LogP contribution in [-0.2, 0) is 4.79 Å². The average Bonchev–Trinajstić information content (AvgIpc) is 2.68.